The van der Waals surface area contributed by atoms with Crippen molar-refractivity contribution in [3.8, 4) is 17.7 Å². The Bertz CT molecular complexity index is 1370. The predicted octanol–water partition coefficient (Wildman–Crippen LogP) is 4.76. The molecule has 1 aromatic carbocycles. The molecule has 0 aliphatic rings. The summed E-state index contributed by atoms with van der Waals surface area (Å²) in [6.07, 6.45) is 3.53. The Labute approximate surface area is 211 Å². The van der Waals surface area contributed by atoms with E-state index >= 15 is 0 Å². The predicted molar refractivity (Wildman–Crippen MR) is 139 cm³/mol. The monoisotopic (exact) mass is 488 g/mol. The van der Waals surface area contributed by atoms with Gasteiger partial charge in [-0.1, -0.05) is 32.0 Å². The van der Waals surface area contributed by atoms with Gasteiger partial charge in [0, 0.05) is 19.3 Å². The number of amides is 1. The first kappa shape index (κ1) is 26.6. The second-order valence-electron chi connectivity index (χ2n) is 9.06. The average molecular weight is 489 g/mol. The number of ether oxygens (including phenoxy) is 2. The van der Waals surface area contributed by atoms with Crippen LogP contribution < -0.4 is 15.6 Å². The molecule has 3 rings (SSSR count). The van der Waals surface area contributed by atoms with E-state index in [2.05, 4.69) is 10.3 Å². The van der Waals surface area contributed by atoms with Crippen molar-refractivity contribution in [2.75, 3.05) is 13.2 Å². The van der Waals surface area contributed by atoms with E-state index in [1.165, 1.54) is 10.5 Å². The smallest absolute Gasteiger partial charge is 0.269 e. The van der Waals surface area contributed by atoms with Gasteiger partial charge in [-0.05, 0) is 68.5 Å². The quantitative estimate of drug-likeness (QED) is 0.251. The summed E-state index contributed by atoms with van der Waals surface area (Å²) in [5.74, 6) is 0.190. The Morgan fingerprint density at radius 1 is 1.22 bits per heavy atom. The fraction of sp³-hybridized carbons (Fsp3) is 0.357. The van der Waals surface area contributed by atoms with E-state index in [1.54, 1.807) is 24.4 Å². The normalized spacial score (nSPS) is 11.7. The van der Waals surface area contributed by atoms with Gasteiger partial charge in [0.25, 0.3) is 11.5 Å². The van der Waals surface area contributed by atoms with E-state index in [4.69, 9.17) is 9.47 Å². The number of rotatable bonds is 10. The minimum absolute atomic E-state index is 0.0183. The standard InChI is InChI=1S/C28H32N4O4/c1-18(2)22-11-10-20(5)15-24(22)36-27-23(28(34)32-13-7-6-9-25(32)31-27)16-21(17-29)26(33)30-12-8-14-35-19(3)4/h6-7,9-11,13,15-16,18-19H,8,12,14H2,1-5H3,(H,30,33). The maximum absolute atomic E-state index is 13.4. The molecule has 36 heavy (non-hydrogen) atoms. The van der Waals surface area contributed by atoms with Gasteiger partial charge in [-0.2, -0.15) is 10.2 Å². The lowest BCUT2D eigenvalue weighted by molar-refractivity contribution is -0.117. The number of nitriles is 1. The Hall–Kier alpha value is -3.96. The van der Waals surface area contributed by atoms with Gasteiger partial charge in [0.1, 0.15) is 28.6 Å². The van der Waals surface area contributed by atoms with Crippen LogP contribution in [0.2, 0.25) is 0 Å². The highest BCUT2D eigenvalue weighted by molar-refractivity contribution is 6.01. The molecule has 1 N–H and O–H groups in total. The van der Waals surface area contributed by atoms with Gasteiger partial charge in [-0.15, -0.1) is 0 Å². The van der Waals surface area contributed by atoms with E-state index in [-0.39, 0.29) is 29.0 Å². The summed E-state index contributed by atoms with van der Waals surface area (Å²) in [4.78, 5) is 30.6. The summed E-state index contributed by atoms with van der Waals surface area (Å²) in [5.41, 5.74) is 1.69. The maximum atomic E-state index is 13.4. The fourth-order valence-electron chi connectivity index (χ4n) is 3.58. The number of carbonyl (C=O) groups is 1. The van der Waals surface area contributed by atoms with Crippen molar-refractivity contribution in [2.45, 2.75) is 53.1 Å². The Morgan fingerprint density at radius 2 is 2.00 bits per heavy atom. The second kappa shape index (κ2) is 12.1. The van der Waals surface area contributed by atoms with Crippen molar-refractivity contribution < 1.29 is 14.3 Å². The highest BCUT2D eigenvalue weighted by Crippen LogP contribution is 2.32. The Kier molecular flexibility index (Phi) is 8.98. The first-order valence-corrected chi connectivity index (χ1v) is 12.0. The zero-order valence-electron chi connectivity index (χ0n) is 21.4. The molecule has 2 aromatic heterocycles. The molecule has 0 spiro atoms. The van der Waals surface area contributed by atoms with Crippen molar-refractivity contribution >= 4 is 17.6 Å². The number of carbonyl (C=O) groups excluding carboxylic acids is 1. The summed E-state index contributed by atoms with van der Waals surface area (Å²) in [7, 11) is 0. The molecule has 0 radical (unpaired) electrons. The van der Waals surface area contributed by atoms with E-state index in [0.717, 1.165) is 11.1 Å². The SMILES string of the molecule is Cc1ccc(C(C)C)c(Oc2nc3ccccn3c(=O)c2C=C(C#N)C(=O)NCCCOC(C)C)c1. The van der Waals surface area contributed by atoms with Gasteiger partial charge in [-0.25, -0.2) is 0 Å². The lowest BCUT2D eigenvalue weighted by atomic mass is 10.0. The van der Waals surface area contributed by atoms with Crippen molar-refractivity contribution in [2.24, 2.45) is 0 Å². The van der Waals surface area contributed by atoms with Crippen LogP contribution in [-0.4, -0.2) is 34.5 Å². The number of aromatic nitrogens is 2. The summed E-state index contributed by atoms with van der Waals surface area (Å²) in [6.45, 7) is 10.7. The van der Waals surface area contributed by atoms with E-state index in [0.29, 0.717) is 31.0 Å². The number of pyridine rings is 1. The molecule has 8 heteroatoms. The number of benzene rings is 1. The number of hydrogen-bond acceptors (Lipinski definition) is 6. The molecule has 0 unspecified atom stereocenters. The lowest BCUT2D eigenvalue weighted by Crippen LogP contribution is -2.27. The van der Waals surface area contributed by atoms with Crippen LogP contribution in [0, 0.1) is 18.3 Å². The van der Waals surface area contributed by atoms with Gasteiger partial charge in [-0.3, -0.25) is 14.0 Å². The van der Waals surface area contributed by atoms with Gasteiger partial charge >= 0.3 is 0 Å². The second-order valence-corrected chi connectivity index (χ2v) is 9.06. The molecular formula is C28H32N4O4. The number of fused-ring (bicyclic) bond motifs is 1. The Morgan fingerprint density at radius 3 is 2.69 bits per heavy atom. The first-order valence-electron chi connectivity index (χ1n) is 12.0. The number of aryl methyl sites for hydroxylation is 1. The third-order valence-electron chi connectivity index (χ3n) is 5.44. The summed E-state index contributed by atoms with van der Waals surface area (Å²) in [6, 6.07) is 12.9. The fourth-order valence-corrected chi connectivity index (χ4v) is 3.58. The minimum atomic E-state index is -0.580. The molecule has 1 amide bonds. The van der Waals surface area contributed by atoms with Crippen LogP contribution in [0.1, 0.15) is 56.7 Å². The highest BCUT2D eigenvalue weighted by Gasteiger charge is 2.19. The van der Waals surface area contributed by atoms with Crippen LogP contribution >= 0.6 is 0 Å². The van der Waals surface area contributed by atoms with E-state index < -0.39 is 11.5 Å². The molecule has 0 bridgehead atoms. The van der Waals surface area contributed by atoms with Gasteiger partial charge in [0.15, 0.2) is 0 Å². The van der Waals surface area contributed by atoms with Crippen molar-refractivity contribution in [1.82, 2.24) is 14.7 Å². The van der Waals surface area contributed by atoms with Crippen molar-refractivity contribution in [3.63, 3.8) is 0 Å². The molecule has 0 saturated heterocycles. The minimum Gasteiger partial charge on any atom is -0.438 e. The van der Waals surface area contributed by atoms with Gasteiger partial charge in [0.2, 0.25) is 5.88 Å². The highest BCUT2D eigenvalue weighted by atomic mass is 16.5. The van der Waals surface area contributed by atoms with Gasteiger partial charge in [0.05, 0.1) is 6.10 Å². The van der Waals surface area contributed by atoms with Crippen LogP contribution in [0.3, 0.4) is 0 Å². The van der Waals surface area contributed by atoms with Crippen LogP contribution in [-0.2, 0) is 9.53 Å². The van der Waals surface area contributed by atoms with Crippen molar-refractivity contribution in [1.29, 1.82) is 5.26 Å². The van der Waals surface area contributed by atoms with E-state index in [9.17, 15) is 14.9 Å². The molecule has 2 heterocycles. The number of nitrogens with zero attached hydrogens (tertiary/aromatic N) is 3. The Balaban J connectivity index is 2.02. The third-order valence-corrected chi connectivity index (χ3v) is 5.44. The number of nitrogens with one attached hydrogen (secondary N) is 1. The topological polar surface area (TPSA) is 106 Å². The van der Waals surface area contributed by atoms with Crippen LogP contribution in [0.5, 0.6) is 11.6 Å². The molecule has 0 aliphatic carbocycles. The molecule has 8 nitrogen and oxygen atoms in total. The number of hydrogen-bond donors (Lipinski definition) is 1. The molecule has 188 valence electrons. The summed E-state index contributed by atoms with van der Waals surface area (Å²) < 4.78 is 13.0. The lowest BCUT2D eigenvalue weighted by Gasteiger charge is -2.16. The zero-order chi connectivity index (χ0) is 26.2. The molecule has 3 aromatic rings. The largest absolute Gasteiger partial charge is 0.438 e. The average Bonchev–Trinajstić information content (AvgIpc) is 2.83. The van der Waals surface area contributed by atoms with Crippen LogP contribution in [0.15, 0.2) is 53.0 Å². The molecule has 0 aliphatic heterocycles. The van der Waals surface area contributed by atoms with Crippen LogP contribution in [0.4, 0.5) is 0 Å². The molecule has 0 saturated carbocycles. The zero-order valence-corrected chi connectivity index (χ0v) is 21.4. The summed E-state index contributed by atoms with van der Waals surface area (Å²) in [5, 5.41) is 12.4. The molecule has 0 atom stereocenters. The van der Waals surface area contributed by atoms with Crippen molar-refractivity contribution in [3.05, 3.63) is 75.2 Å². The summed E-state index contributed by atoms with van der Waals surface area (Å²) >= 11 is 0. The molecule has 0 fully saturated rings. The third kappa shape index (κ3) is 6.58. The van der Waals surface area contributed by atoms with Crippen LogP contribution in [0.25, 0.3) is 11.7 Å². The first-order chi connectivity index (χ1) is 17.2. The molecular weight excluding hydrogens is 456 g/mol. The maximum Gasteiger partial charge on any atom is 0.269 e. The van der Waals surface area contributed by atoms with E-state index in [1.807, 2.05) is 58.9 Å². The van der Waals surface area contributed by atoms with Gasteiger partial charge < -0.3 is 14.8 Å².